The van der Waals surface area contributed by atoms with Crippen LogP contribution in [0.25, 0.3) is 0 Å². The average Bonchev–Trinajstić information content (AvgIpc) is 2.79. The van der Waals surface area contributed by atoms with E-state index in [1.54, 1.807) is 0 Å². The van der Waals surface area contributed by atoms with Gasteiger partial charge in [0.15, 0.2) is 0 Å². The number of non-ortho nitro benzene ring substituents is 1. The number of nitro benzene ring substituents is 1. The summed E-state index contributed by atoms with van der Waals surface area (Å²) in [5.74, 6) is -4.84. The molecule has 1 atom stereocenters. The first-order valence-electron chi connectivity index (χ1n) is 9.53. The quantitative estimate of drug-likeness (QED) is 0.358. The third-order valence-electron chi connectivity index (χ3n) is 5.24. The summed E-state index contributed by atoms with van der Waals surface area (Å²) in [5, 5.41) is 11.3. The van der Waals surface area contributed by atoms with Crippen LogP contribution in [0.15, 0.2) is 50.8 Å². The van der Waals surface area contributed by atoms with Crippen molar-refractivity contribution in [2.75, 3.05) is 25.7 Å². The molecule has 0 saturated carbocycles. The fraction of sp³-hybridized carbons (Fsp3) is 0.286. The monoisotopic (exact) mass is 482 g/mol. The summed E-state index contributed by atoms with van der Waals surface area (Å²) in [4.78, 5) is 49.2. The normalized spacial score (nSPS) is 15.6. The predicted molar refractivity (Wildman–Crippen MR) is 109 cm³/mol. The number of hydrogen-bond acceptors (Lipinski definition) is 9. The molecule has 0 spiro atoms. The molecule has 0 aliphatic carbocycles. The molecular weight excluding hydrogens is 465 g/mol. The zero-order valence-electron chi connectivity index (χ0n) is 18.0. The Labute approximate surface area is 189 Å². The third kappa shape index (κ3) is 4.36. The van der Waals surface area contributed by atoms with E-state index < -0.39 is 52.5 Å². The molecule has 1 aliphatic rings. The van der Waals surface area contributed by atoms with Gasteiger partial charge in [0.25, 0.3) is 5.69 Å². The van der Waals surface area contributed by atoms with Gasteiger partial charge in [-0.05, 0) is 12.5 Å². The van der Waals surface area contributed by atoms with E-state index in [1.807, 2.05) is 0 Å². The SMILES string of the molecule is COC(=O)CN1C(C)=C(C(=O)OC)C(c2cccc([N+](=O)[O-])c2)c2c1cc(C(F)(F)F)oc2=O. The largest absolute Gasteiger partial charge is 0.468 e. The first-order chi connectivity index (χ1) is 15.9. The minimum absolute atomic E-state index is 0.0139. The van der Waals surface area contributed by atoms with E-state index in [1.165, 1.54) is 25.1 Å². The molecule has 10 nitrogen and oxygen atoms in total. The van der Waals surface area contributed by atoms with Crippen LogP contribution >= 0.6 is 0 Å². The number of alkyl halides is 3. The number of carbonyl (C=O) groups excluding carboxylic acids is 2. The molecule has 1 unspecified atom stereocenters. The van der Waals surface area contributed by atoms with Crippen molar-refractivity contribution in [3.05, 3.63) is 79.0 Å². The van der Waals surface area contributed by atoms with Crippen molar-refractivity contribution in [3.63, 3.8) is 0 Å². The van der Waals surface area contributed by atoms with Crippen LogP contribution in [0.2, 0.25) is 0 Å². The number of hydrogen-bond donors (Lipinski definition) is 0. The van der Waals surface area contributed by atoms with Crippen molar-refractivity contribution in [1.82, 2.24) is 0 Å². The van der Waals surface area contributed by atoms with Crippen molar-refractivity contribution in [3.8, 4) is 0 Å². The van der Waals surface area contributed by atoms with Gasteiger partial charge in [-0.3, -0.25) is 14.9 Å². The van der Waals surface area contributed by atoms with Crippen LogP contribution in [0.1, 0.15) is 29.7 Å². The molecule has 0 fully saturated rings. The molecule has 0 N–H and O–H groups in total. The summed E-state index contributed by atoms with van der Waals surface area (Å²) in [6.07, 6.45) is -5.04. The number of ether oxygens (including phenoxy) is 2. The lowest BCUT2D eigenvalue weighted by Crippen LogP contribution is -2.39. The Morgan fingerprint density at radius 1 is 1.21 bits per heavy atom. The number of allylic oxidation sites excluding steroid dienone is 1. The first kappa shape index (κ1) is 24.5. The molecule has 0 saturated heterocycles. The Morgan fingerprint density at radius 2 is 1.88 bits per heavy atom. The van der Waals surface area contributed by atoms with Crippen LogP contribution in [0, 0.1) is 10.1 Å². The van der Waals surface area contributed by atoms with Crippen LogP contribution in [0.5, 0.6) is 0 Å². The summed E-state index contributed by atoms with van der Waals surface area (Å²) >= 11 is 0. The summed E-state index contributed by atoms with van der Waals surface area (Å²) in [6, 6.07) is 5.44. The minimum Gasteiger partial charge on any atom is -0.468 e. The second kappa shape index (κ2) is 9.00. The van der Waals surface area contributed by atoms with E-state index >= 15 is 0 Å². The first-order valence-corrected chi connectivity index (χ1v) is 9.53. The molecule has 3 rings (SSSR count). The Hall–Kier alpha value is -4.16. The van der Waals surface area contributed by atoms with E-state index in [4.69, 9.17) is 4.74 Å². The van der Waals surface area contributed by atoms with Crippen molar-refractivity contribution in [1.29, 1.82) is 0 Å². The molecule has 2 aromatic rings. The van der Waals surface area contributed by atoms with Crippen LogP contribution in [0.4, 0.5) is 24.5 Å². The van der Waals surface area contributed by atoms with Crippen molar-refractivity contribution in [2.45, 2.75) is 19.0 Å². The number of fused-ring (bicyclic) bond motifs is 1. The average molecular weight is 482 g/mol. The van der Waals surface area contributed by atoms with Gasteiger partial charge in [0.1, 0.15) is 6.54 Å². The number of rotatable bonds is 5. The van der Waals surface area contributed by atoms with E-state index in [-0.39, 0.29) is 28.2 Å². The van der Waals surface area contributed by atoms with Gasteiger partial charge >= 0.3 is 23.7 Å². The molecular formula is C21H17F3N2O8. The smallest absolute Gasteiger partial charge is 0.449 e. The lowest BCUT2D eigenvalue weighted by molar-refractivity contribution is -0.384. The molecule has 34 heavy (non-hydrogen) atoms. The number of benzene rings is 1. The number of nitro groups is 1. The molecule has 1 aliphatic heterocycles. The number of nitrogens with zero attached hydrogens (tertiary/aromatic N) is 2. The maximum absolute atomic E-state index is 13.4. The Morgan fingerprint density at radius 3 is 2.44 bits per heavy atom. The fourth-order valence-corrected chi connectivity index (χ4v) is 3.72. The molecule has 1 aromatic carbocycles. The van der Waals surface area contributed by atoms with E-state index in [9.17, 15) is 37.7 Å². The number of methoxy groups -OCH3 is 2. The van der Waals surface area contributed by atoms with Crippen LogP contribution in [0.3, 0.4) is 0 Å². The number of anilines is 1. The predicted octanol–water partition coefficient (Wildman–Crippen LogP) is 3.14. The number of esters is 2. The van der Waals surface area contributed by atoms with Gasteiger partial charge in [0.2, 0.25) is 5.76 Å². The van der Waals surface area contributed by atoms with E-state index in [2.05, 4.69) is 9.15 Å². The van der Waals surface area contributed by atoms with Gasteiger partial charge in [-0.15, -0.1) is 0 Å². The van der Waals surface area contributed by atoms with Gasteiger partial charge in [-0.2, -0.15) is 13.2 Å². The Kier molecular flexibility index (Phi) is 6.48. The highest BCUT2D eigenvalue weighted by Gasteiger charge is 2.43. The molecule has 1 aromatic heterocycles. The van der Waals surface area contributed by atoms with Crippen LogP contribution in [-0.4, -0.2) is 37.6 Å². The second-order valence-corrected chi connectivity index (χ2v) is 7.13. The number of halogens is 3. The zero-order chi connectivity index (χ0) is 25.4. The topological polar surface area (TPSA) is 129 Å². The molecule has 0 radical (unpaired) electrons. The summed E-state index contributed by atoms with van der Waals surface area (Å²) in [6.45, 7) is 0.697. The number of carbonyl (C=O) groups is 2. The third-order valence-corrected chi connectivity index (χ3v) is 5.24. The second-order valence-electron chi connectivity index (χ2n) is 7.13. The van der Waals surface area contributed by atoms with Crippen molar-refractivity contribution >= 4 is 23.3 Å². The minimum atomic E-state index is -5.04. The van der Waals surface area contributed by atoms with E-state index in [0.29, 0.717) is 6.07 Å². The van der Waals surface area contributed by atoms with Crippen molar-refractivity contribution in [2.24, 2.45) is 0 Å². The molecule has 13 heteroatoms. The Bertz CT molecular complexity index is 1270. The zero-order valence-corrected chi connectivity index (χ0v) is 18.0. The Balaban J connectivity index is 2.42. The van der Waals surface area contributed by atoms with E-state index in [0.717, 1.165) is 25.2 Å². The highest BCUT2D eigenvalue weighted by Crippen LogP contribution is 2.45. The molecule has 180 valence electrons. The summed E-state index contributed by atoms with van der Waals surface area (Å²) < 4.78 is 54.2. The lowest BCUT2D eigenvalue weighted by Gasteiger charge is -2.36. The maximum atomic E-state index is 13.4. The van der Waals surface area contributed by atoms with Crippen LogP contribution < -0.4 is 10.5 Å². The standard InChI is InChI=1S/C21H17F3N2O8/c1-10-16(19(28)33-3)17(11-5-4-6-12(7-11)26(30)31)18-13(25(10)9-15(27)32-2)8-14(21(22,23)24)34-20(18)29/h4-8,17H,9H2,1-3H3. The highest BCUT2D eigenvalue weighted by molar-refractivity contribution is 5.95. The van der Waals surface area contributed by atoms with Gasteiger partial charge in [-0.1, -0.05) is 12.1 Å². The molecule has 0 bridgehead atoms. The van der Waals surface area contributed by atoms with Gasteiger partial charge < -0.3 is 18.8 Å². The lowest BCUT2D eigenvalue weighted by atomic mass is 9.80. The van der Waals surface area contributed by atoms with Crippen LogP contribution in [-0.2, 0) is 25.2 Å². The summed E-state index contributed by atoms with van der Waals surface area (Å²) in [7, 11) is 2.10. The maximum Gasteiger partial charge on any atom is 0.449 e. The van der Waals surface area contributed by atoms with Gasteiger partial charge in [0.05, 0.1) is 41.9 Å². The van der Waals surface area contributed by atoms with Gasteiger partial charge in [0, 0.05) is 23.9 Å². The van der Waals surface area contributed by atoms with Gasteiger partial charge in [-0.25, -0.2) is 9.59 Å². The summed E-state index contributed by atoms with van der Waals surface area (Å²) in [5.41, 5.74) is -2.79. The molecule has 0 amide bonds. The fourth-order valence-electron chi connectivity index (χ4n) is 3.72. The van der Waals surface area contributed by atoms with Crippen molar-refractivity contribution < 1.29 is 41.6 Å². The highest BCUT2D eigenvalue weighted by atomic mass is 19.4. The molecule has 2 heterocycles.